The monoisotopic (exact) mass is 530 g/mol. The highest BCUT2D eigenvalue weighted by Gasteiger charge is 2.20. The van der Waals surface area contributed by atoms with E-state index in [1.54, 1.807) is 24.4 Å². The van der Waals surface area contributed by atoms with Gasteiger partial charge in [0.05, 0.1) is 31.0 Å². The van der Waals surface area contributed by atoms with Crippen LogP contribution in [-0.4, -0.2) is 49.2 Å². The number of nitrogens with one attached hydrogen (secondary N) is 1. The molecule has 3 heterocycles. The maximum Gasteiger partial charge on any atom is 0.280 e. The Morgan fingerprint density at radius 3 is 2.57 bits per heavy atom. The van der Waals surface area contributed by atoms with E-state index in [1.807, 2.05) is 11.5 Å². The van der Waals surface area contributed by atoms with E-state index in [0.29, 0.717) is 16.6 Å². The number of aliphatic hydroxyl groups excluding tert-OH is 1. The van der Waals surface area contributed by atoms with Crippen molar-refractivity contribution in [2.75, 3.05) is 13.2 Å². The summed E-state index contributed by atoms with van der Waals surface area (Å²) >= 11 is 0. The first-order valence-corrected chi connectivity index (χ1v) is 10.7. The quantitative estimate of drug-likeness (QED) is 0.244. The molecule has 9 nitrogen and oxygen atoms in total. The van der Waals surface area contributed by atoms with Gasteiger partial charge in [0, 0.05) is 28.8 Å². The van der Waals surface area contributed by atoms with Crippen molar-refractivity contribution in [3.05, 3.63) is 83.3 Å². The summed E-state index contributed by atoms with van der Waals surface area (Å²) in [6.45, 7) is -0.605. The van der Waals surface area contributed by atoms with E-state index < -0.39 is 28.9 Å². The maximum absolute atomic E-state index is 14.7. The van der Waals surface area contributed by atoms with E-state index in [4.69, 9.17) is 5.11 Å². The van der Waals surface area contributed by atoms with Crippen LogP contribution in [0.25, 0.3) is 33.3 Å². The highest BCUT2D eigenvalue weighted by Crippen LogP contribution is 2.26. The van der Waals surface area contributed by atoms with Crippen LogP contribution in [0, 0.1) is 17.5 Å². The standard InChI is InChI=1S/C24H17F3N6O3.ClH/c25-16-11-21-13(2-1-5-28-21)8-15(16)12-33-23-20(30-32-33)4-3-19(29-23)14-9-17(26)22(18(27)10-14)24(35)31-36-7-6-34;/h1-5,8-11,34H,6-7,12H2,(H,31,35);1H. The Morgan fingerprint density at radius 2 is 1.81 bits per heavy atom. The number of hydroxylamine groups is 1. The van der Waals surface area contributed by atoms with Crippen LogP contribution in [0.2, 0.25) is 0 Å². The van der Waals surface area contributed by atoms with Gasteiger partial charge in [0.15, 0.2) is 5.65 Å². The van der Waals surface area contributed by atoms with Crippen molar-refractivity contribution >= 4 is 40.4 Å². The lowest BCUT2D eigenvalue weighted by atomic mass is 10.1. The van der Waals surface area contributed by atoms with Gasteiger partial charge in [-0.2, -0.15) is 0 Å². The van der Waals surface area contributed by atoms with Crippen molar-refractivity contribution in [1.82, 2.24) is 30.4 Å². The number of fused-ring (bicyclic) bond motifs is 2. The second-order valence-electron chi connectivity index (χ2n) is 7.74. The third-order valence-corrected chi connectivity index (χ3v) is 5.37. The Labute approximate surface area is 213 Å². The molecule has 2 aromatic carbocycles. The third-order valence-electron chi connectivity index (χ3n) is 5.37. The van der Waals surface area contributed by atoms with Gasteiger partial charge >= 0.3 is 0 Å². The van der Waals surface area contributed by atoms with Crippen molar-refractivity contribution in [3.8, 4) is 11.3 Å². The number of carbonyl (C=O) groups excluding carboxylic acids is 1. The zero-order valence-electron chi connectivity index (χ0n) is 18.9. The minimum atomic E-state index is -1.14. The molecule has 13 heteroatoms. The number of aliphatic hydroxyl groups is 1. The number of nitrogens with zero attached hydrogens (tertiary/aromatic N) is 5. The van der Waals surface area contributed by atoms with E-state index in [0.717, 1.165) is 17.5 Å². The Balaban J connectivity index is 0.00000320. The number of halogens is 4. The van der Waals surface area contributed by atoms with Gasteiger partial charge in [0.1, 0.15) is 28.5 Å². The Kier molecular flexibility index (Phi) is 7.62. The molecule has 0 spiro atoms. The van der Waals surface area contributed by atoms with Crippen molar-refractivity contribution in [2.45, 2.75) is 6.54 Å². The minimum absolute atomic E-state index is 0. The number of hydrogen-bond donors (Lipinski definition) is 2. The summed E-state index contributed by atoms with van der Waals surface area (Å²) in [6, 6.07) is 11.5. The predicted molar refractivity (Wildman–Crippen MR) is 129 cm³/mol. The van der Waals surface area contributed by atoms with E-state index in [-0.39, 0.29) is 49.1 Å². The SMILES string of the molecule is Cl.O=C(NOCCO)c1c(F)cc(-c2ccc3nnn(Cc4cc5cccnc5cc4F)c3n2)cc1F. The van der Waals surface area contributed by atoms with E-state index in [2.05, 4.69) is 25.1 Å². The fourth-order valence-corrected chi connectivity index (χ4v) is 3.70. The highest BCUT2D eigenvalue weighted by atomic mass is 35.5. The van der Waals surface area contributed by atoms with Crippen molar-refractivity contribution in [1.29, 1.82) is 0 Å². The average molecular weight is 531 g/mol. The van der Waals surface area contributed by atoms with Gasteiger partial charge in [-0.15, -0.1) is 17.5 Å². The molecule has 3 aromatic heterocycles. The van der Waals surface area contributed by atoms with Crippen LogP contribution in [0.15, 0.2) is 54.7 Å². The van der Waals surface area contributed by atoms with Gasteiger partial charge < -0.3 is 5.11 Å². The molecule has 5 rings (SSSR count). The molecule has 2 N–H and O–H groups in total. The minimum Gasteiger partial charge on any atom is -0.394 e. The molecule has 0 unspecified atom stereocenters. The fourth-order valence-electron chi connectivity index (χ4n) is 3.70. The smallest absolute Gasteiger partial charge is 0.280 e. The number of aromatic nitrogens is 5. The van der Waals surface area contributed by atoms with Gasteiger partial charge in [-0.3, -0.25) is 14.6 Å². The molecule has 0 aliphatic carbocycles. The lowest BCUT2D eigenvalue weighted by Gasteiger charge is -2.09. The number of hydrogen-bond acceptors (Lipinski definition) is 7. The zero-order chi connectivity index (χ0) is 25.2. The first kappa shape index (κ1) is 25.9. The number of carbonyl (C=O) groups is 1. The first-order chi connectivity index (χ1) is 17.4. The summed E-state index contributed by atoms with van der Waals surface area (Å²) in [5.41, 5.74) is 2.81. The van der Waals surface area contributed by atoms with Crippen molar-refractivity contribution in [2.24, 2.45) is 0 Å². The molecule has 0 fully saturated rings. The van der Waals surface area contributed by atoms with Gasteiger partial charge in [-0.1, -0.05) is 11.3 Å². The zero-order valence-corrected chi connectivity index (χ0v) is 19.7. The van der Waals surface area contributed by atoms with Gasteiger partial charge in [0.2, 0.25) is 0 Å². The van der Waals surface area contributed by atoms with Crippen LogP contribution in [0.5, 0.6) is 0 Å². The summed E-state index contributed by atoms with van der Waals surface area (Å²) in [6.07, 6.45) is 1.58. The Bertz CT molecular complexity index is 1590. The molecule has 0 radical (unpaired) electrons. The number of pyridine rings is 2. The molecule has 0 saturated heterocycles. The summed E-state index contributed by atoms with van der Waals surface area (Å²) in [7, 11) is 0. The van der Waals surface area contributed by atoms with Crippen molar-refractivity contribution < 1.29 is 27.9 Å². The van der Waals surface area contributed by atoms with E-state index in [1.165, 1.54) is 16.8 Å². The van der Waals surface area contributed by atoms with Crippen LogP contribution in [-0.2, 0) is 11.4 Å². The average Bonchev–Trinajstić information content (AvgIpc) is 3.26. The summed E-state index contributed by atoms with van der Waals surface area (Å²) in [5.74, 6) is -3.86. The Hall–Kier alpha value is -4.13. The molecule has 5 aromatic rings. The molecule has 0 aliphatic rings. The molecule has 0 atom stereocenters. The second kappa shape index (κ2) is 10.9. The molecule has 0 saturated carbocycles. The van der Waals surface area contributed by atoms with Gasteiger partial charge in [0.25, 0.3) is 5.91 Å². The lowest BCUT2D eigenvalue weighted by Crippen LogP contribution is -2.27. The largest absolute Gasteiger partial charge is 0.394 e. The first-order valence-electron chi connectivity index (χ1n) is 10.7. The van der Waals surface area contributed by atoms with Gasteiger partial charge in [-0.05, 0) is 36.4 Å². The molecule has 0 aliphatic heterocycles. The summed E-state index contributed by atoms with van der Waals surface area (Å²) < 4.78 is 45.3. The molecule has 0 bridgehead atoms. The normalized spacial score (nSPS) is 11.0. The number of benzene rings is 2. The lowest BCUT2D eigenvalue weighted by molar-refractivity contribution is 0.0162. The summed E-state index contributed by atoms with van der Waals surface area (Å²) in [5, 5.41) is 17.5. The van der Waals surface area contributed by atoms with Crippen LogP contribution in [0.1, 0.15) is 15.9 Å². The Morgan fingerprint density at radius 1 is 1.03 bits per heavy atom. The maximum atomic E-state index is 14.7. The van der Waals surface area contributed by atoms with Crippen LogP contribution < -0.4 is 5.48 Å². The number of amides is 1. The van der Waals surface area contributed by atoms with E-state index in [9.17, 15) is 18.0 Å². The predicted octanol–water partition coefficient (Wildman–Crippen LogP) is 3.58. The number of rotatable bonds is 7. The second-order valence-corrected chi connectivity index (χ2v) is 7.74. The topological polar surface area (TPSA) is 115 Å². The molecular weight excluding hydrogens is 513 g/mol. The molecule has 190 valence electrons. The summed E-state index contributed by atoms with van der Waals surface area (Å²) in [4.78, 5) is 25.2. The molecular formula is C24H18ClF3N6O3. The highest BCUT2D eigenvalue weighted by molar-refractivity contribution is 5.94. The molecule has 37 heavy (non-hydrogen) atoms. The van der Waals surface area contributed by atoms with E-state index >= 15 is 0 Å². The fraction of sp³-hybridized carbons (Fsp3) is 0.125. The van der Waals surface area contributed by atoms with Crippen LogP contribution in [0.4, 0.5) is 13.2 Å². The van der Waals surface area contributed by atoms with Crippen LogP contribution >= 0.6 is 12.4 Å². The molecule has 1 amide bonds. The van der Waals surface area contributed by atoms with Gasteiger partial charge in [-0.25, -0.2) is 28.3 Å². The third kappa shape index (κ3) is 5.21. The van der Waals surface area contributed by atoms with Crippen molar-refractivity contribution in [3.63, 3.8) is 0 Å². The van der Waals surface area contributed by atoms with Crippen LogP contribution in [0.3, 0.4) is 0 Å².